The summed E-state index contributed by atoms with van der Waals surface area (Å²) in [6.45, 7) is 5.56. The first-order valence-electron chi connectivity index (χ1n) is 9.40. The fraction of sp³-hybridized carbons (Fsp3) is 0.650. The molecule has 1 amide bonds. The summed E-state index contributed by atoms with van der Waals surface area (Å²) in [4.78, 5) is 14.7. The zero-order chi connectivity index (χ0) is 16.8. The first-order valence-corrected chi connectivity index (χ1v) is 9.40. The Morgan fingerprint density at radius 3 is 2.92 bits per heavy atom. The molecule has 1 N–H and O–H groups in total. The van der Waals surface area contributed by atoms with Crippen LogP contribution in [0.2, 0.25) is 0 Å². The Hall–Kier alpha value is -1.39. The lowest BCUT2D eigenvalue weighted by molar-refractivity contribution is -0.136. The minimum atomic E-state index is 0.207. The molecule has 0 saturated carbocycles. The molecule has 0 radical (unpaired) electrons. The van der Waals surface area contributed by atoms with Crippen molar-refractivity contribution in [2.24, 2.45) is 5.92 Å². The Kier molecular flexibility index (Phi) is 6.27. The Balaban J connectivity index is 1.35. The highest BCUT2D eigenvalue weighted by Crippen LogP contribution is 2.22. The van der Waals surface area contributed by atoms with E-state index in [1.807, 2.05) is 11.0 Å². The molecule has 1 aromatic carbocycles. The number of rotatable bonds is 6. The number of likely N-dealkylation sites (tertiary alicyclic amines) is 1. The second-order valence-corrected chi connectivity index (χ2v) is 7.23. The maximum atomic E-state index is 12.6. The molecule has 0 spiro atoms. The van der Waals surface area contributed by atoms with Gasteiger partial charge in [-0.3, -0.25) is 4.79 Å². The molecule has 3 rings (SSSR count). The monoisotopic (exact) mass is 330 g/mol. The first kappa shape index (κ1) is 17.4. The zero-order valence-electron chi connectivity index (χ0n) is 14.7. The second kappa shape index (κ2) is 8.63. The standard InChI is InChI=1S/C20H30N2O2/c1-16-14-18(9-11-21-16)20(23)22-12-10-19(15-22)24-13-5-8-17-6-3-2-4-7-17/h2-4,6-7,16,18-19,21H,5,8-15H2,1H3/t16-,18-,19?/m0/s1. The Labute approximate surface area is 145 Å². The molecule has 2 heterocycles. The van der Waals surface area contributed by atoms with Crippen LogP contribution in [0.1, 0.15) is 38.2 Å². The number of nitrogens with zero attached hydrogens (tertiary/aromatic N) is 1. The summed E-state index contributed by atoms with van der Waals surface area (Å²) in [6.07, 6.45) is 5.25. The van der Waals surface area contributed by atoms with Gasteiger partial charge in [0.15, 0.2) is 0 Å². The number of amides is 1. The number of piperidine rings is 1. The summed E-state index contributed by atoms with van der Waals surface area (Å²) in [5.41, 5.74) is 1.37. The van der Waals surface area contributed by atoms with Crippen LogP contribution in [0.25, 0.3) is 0 Å². The molecule has 2 fully saturated rings. The molecule has 0 aromatic heterocycles. The summed E-state index contributed by atoms with van der Waals surface area (Å²) < 4.78 is 6.01. The molecule has 132 valence electrons. The van der Waals surface area contributed by atoms with Crippen molar-refractivity contribution in [2.45, 2.75) is 51.2 Å². The summed E-state index contributed by atoms with van der Waals surface area (Å²) in [5.74, 6) is 0.553. The summed E-state index contributed by atoms with van der Waals surface area (Å²) in [5, 5.41) is 3.42. The van der Waals surface area contributed by atoms with Crippen molar-refractivity contribution >= 4 is 5.91 Å². The minimum Gasteiger partial charge on any atom is -0.376 e. The van der Waals surface area contributed by atoms with Gasteiger partial charge in [-0.25, -0.2) is 0 Å². The molecule has 2 aliphatic rings. The van der Waals surface area contributed by atoms with Crippen molar-refractivity contribution in [3.8, 4) is 0 Å². The predicted molar refractivity (Wildman–Crippen MR) is 95.9 cm³/mol. The number of carbonyl (C=O) groups is 1. The molecule has 1 unspecified atom stereocenters. The normalized spacial score (nSPS) is 27.4. The van der Waals surface area contributed by atoms with Gasteiger partial charge >= 0.3 is 0 Å². The fourth-order valence-electron chi connectivity index (χ4n) is 3.85. The van der Waals surface area contributed by atoms with Gasteiger partial charge in [0.25, 0.3) is 0 Å². The molecule has 4 nitrogen and oxygen atoms in total. The lowest BCUT2D eigenvalue weighted by Gasteiger charge is -2.30. The van der Waals surface area contributed by atoms with Gasteiger partial charge in [-0.15, -0.1) is 0 Å². The number of ether oxygens (including phenoxy) is 1. The van der Waals surface area contributed by atoms with Crippen LogP contribution in [-0.2, 0) is 16.0 Å². The fourth-order valence-corrected chi connectivity index (χ4v) is 3.85. The third-order valence-corrected chi connectivity index (χ3v) is 5.24. The van der Waals surface area contributed by atoms with Crippen LogP contribution in [0.3, 0.4) is 0 Å². The summed E-state index contributed by atoms with van der Waals surface area (Å²) in [7, 11) is 0. The lowest BCUT2D eigenvalue weighted by atomic mass is 9.92. The van der Waals surface area contributed by atoms with Gasteiger partial charge in [0, 0.05) is 31.7 Å². The zero-order valence-corrected chi connectivity index (χ0v) is 14.7. The van der Waals surface area contributed by atoms with Gasteiger partial charge in [0.1, 0.15) is 0 Å². The molecule has 0 aliphatic carbocycles. The quantitative estimate of drug-likeness (QED) is 0.815. The van der Waals surface area contributed by atoms with E-state index in [4.69, 9.17) is 4.74 Å². The Bertz CT molecular complexity index is 520. The molecule has 24 heavy (non-hydrogen) atoms. The van der Waals surface area contributed by atoms with Gasteiger partial charge in [0.05, 0.1) is 6.10 Å². The highest BCUT2D eigenvalue weighted by molar-refractivity contribution is 5.79. The minimum absolute atomic E-state index is 0.207. The van der Waals surface area contributed by atoms with Gasteiger partial charge in [-0.1, -0.05) is 30.3 Å². The van der Waals surface area contributed by atoms with Crippen molar-refractivity contribution in [1.82, 2.24) is 10.2 Å². The topological polar surface area (TPSA) is 41.6 Å². The number of hydrogen-bond donors (Lipinski definition) is 1. The molecule has 3 atom stereocenters. The number of aryl methyl sites for hydroxylation is 1. The summed E-state index contributed by atoms with van der Waals surface area (Å²) in [6, 6.07) is 11.0. The Morgan fingerprint density at radius 1 is 1.29 bits per heavy atom. The largest absolute Gasteiger partial charge is 0.376 e. The van der Waals surface area contributed by atoms with Crippen molar-refractivity contribution in [3.63, 3.8) is 0 Å². The first-order chi connectivity index (χ1) is 11.7. The smallest absolute Gasteiger partial charge is 0.225 e. The molecule has 2 saturated heterocycles. The van der Waals surface area contributed by atoms with Crippen LogP contribution < -0.4 is 5.32 Å². The Morgan fingerprint density at radius 2 is 2.12 bits per heavy atom. The van der Waals surface area contributed by atoms with Gasteiger partial charge in [-0.2, -0.15) is 0 Å². The van der Waals surface area contributed by atoms with E-state index < -0.39 is 0 Å². The van der Waals surface area contributed by atoms with E-state index in [1.54, 1.807) is 0 Å². The maximum absolute atomic E-state index is 12.6. The third kappa shape index (κ3) is 4.81. The maximum Gasteiger partial charge on any atom is 0.225 e. The molecular formula is C20H30N2O2. The highest BCUT2D eigenvalue weighted by atomic mass is 16.5. The van der Waals surface area contributed by atoms with Crippen molar-refractivity contribution in [3.05, 3.63) is 35.9 Å². The van der Waals surface area contributed by atoms with E-state index in [2.05, 4.69) is 36.5 Å². The van der Waals surface area contributed by atoms with Crippen LogP contribution in [0.5, 0.6) is 0 Å². The van der Waals surface area contributed by atoms with Crippen LogP contribution >= 0.6 is 0 Å². The van der Waals surface area contributed by atoms with Crippen LogP contribution in [0.4, 0.5) is 0 Å². The lowest BCUT2D eigenvalue weighted by Crippen LogP contribution is -2.43. The van der Waals surface area contributed by atoms with Crippen molar-refractivity contribution in [2.75, 3.05) is 26.2 Å². The molecular weight excluding hydrogens is 300 g/mol. The van der Waals surface area contributed by atoms with E-state index in [0.29, 0.717) is 11.9 Å². The molecule has 2 aliphatic heterocycles. The van der Waals surface area contributed by atoms with Gasteiger partial charge in [-0.05, 0) is 51.1 Å². The number of carbonyl (C=O) groups excluding carboxylic acids is 1. The summed E-state index contributed by atoms with van der Waals surface area (Å²) >= 11 is 0. The number of hydrogen-bond acceptors (Lipinski definition) is 3. The van der Waals surface area contributed by atoms with E-state index in [0.717, 1.165) is 58.3 Å². The molecule has 4 heteroatoms. The average molecular weight is 330 g/mol. The average Bonchev–Trinajstić information content (AvgIpc) is 3.08. The SMILES string of the molecule is C[C@H]1C[C@@H](C(=O)N2CCC(OCCCc3ccccc3)C2)CCN1. The van der Waals surface area contributed by atoms with Crippen molar-refractivity contribution < 1.29 is 9.53 Å². The van der Waals surface area contributed by atoms with Crippen LogP contribution in [0.15, 0.2) is 30.3 Å². The molecule has 0 bridgehead atoms. The van der Waals surface area contributed by atoms with Crippen LogP contribution in [0, 0.1) is 5.92 Å². The second-order valence-electron chi connectivity index (χ2n) is 7.23. The van der Waals surface area contributed by atoms with E-state index in [1.165, 1.54) is 5.56 Å². The van der Waals surface area contributed by atoms with Crippen molar-refractivity contribution in [1.29, 1.82) is 0 Å². The van der Waals surface area contributed by atoms with E-state index in [-0.39, 0.29) is 12.0 Å². The number of nitrogens with one attached hydrogen (secondary N) is 1. The van der Waals surface area contributed by atoms with E-state index >= 15 is 0 Å². The predicted octanol–water partition coefficient (Wildman–Crippen LogP) is 2.62. The molecule has 1 aromatic rings. The van der Waals surface area contributed by atoms with Crippen LogP contribution in [-0.4, -0.2) is 49.2 Å². The van der Waals surface area contributed by atoms with Gasteiger partial charge < -0.3 is 15.0 Å². The highest BCUT2D eigenvalue weighted by Gasteiger charge is 2.33. The number of benzene rings is 1. The van der Waals surface area contributed by atoms with Gasteiger partial charge in [0.2, 0.25) is 5.91 Å². The van der Waals surface area contributed by atoms with E-state index in [9.17, 15) is 4.79 Å². The third-order valence-electron chi connectivity index (χ3n) is 5.24.